The van der Waals surface area contributed by atoms with Gasteiger partial charge in [-0.1, -0.05) is 12.2 Å². The molecule has 94 valence electrons. The van der Waals surface area contributed by atoms with E-state index in [9.17, 15) is 0 Å². The molecule has 1 aliphatic carbocycles. The maximum atomic E-state index is 5.94. The summed E-state index contributed by atoms with van der Waals surface area (Å²) in [5.41, 5.74) is 2.33. The number of hydrogen-bond acceptors (Lipinski definition) is 3. The number of hydrogen-bond donors (Lipinski definition) is 0. The van der Waals surface area contributed by atoms with Gasteiger partial charge >= 0.3 is 0 Å². The summed E-state index contributed by atoms with van der Waals surface area (Å²) in [4.78, 5) is 0. The van der Waals surface area contributed by atoms with Crippen molar-refractivity contribution in [1.82, 2.24) is 0 Å². The Labute approximate surface area is 106 Å². The largest absolute Gasteiger partial charge is 0.497 e. The molecule has 18 heavy (non-hydrogen) atoms. The lowest BCUT2D eigenvalue weighted by atomic mass is 9.79. The number of allylic oxidation sites excluding steroid dienone is 1. The van der Waals surface area contributed by atoms with Crippen LogP contribution in [0.15, 0.2) is 47.0 Å². The van der Waals surface area contributed by atoms with Crippen LogP contribution in [0.25, 0.3) is 0 Å². The van der Waals surface area contributed by atoms with Crippen LogP contribution in [-0.2, 0) is 14.2 Å². The van der Waals surface area contributed by atoms with Crippen LogP contribution in [0.2, 0.25) is 0 Å². The molecule has 3 heteroatoms. The fourth-order valence-electron chi connectivity index (χ4n) is 3.23. The molecule has 1 saturated heterocycles. The van der Waals surface area contributed by atoms with Gasteiger partial charge in [0.1, 0.15) is 18.1 Å². The predicted molar refractivity (Wildman–Crippen MR) is 66.7 cm³/mol. The van der Waals surface area contributed by atoms with Crippen molar-refractivity contribution in [2.75, 3.05) is 19.8 Å². The Balaban J connectivity index is 1.91. The first-order chi connectivity index (χ1) is 8.95. The second-order valence-electron chi connectivity index (χ2n) is 5.03. The molecule has 0 radical (unpaired) electrons. The quantitative estimate of drug-likeness (QED) is 0.655. The molecule has 0 N–H and O–H groups in total. The Morgan fingerprint density at radius 2 is 2.00 bits per heavy atom. The van der Waals surface area contributed by atoms with E-state index < -0.39 is 0 Å². The van der Waals surface area contributed by atoms with Crippen LogP contribution in [0.5, 0.6) is 0 Å². The Morgan fingerprint density at radius 3 is 3.00 bits per heavy atom. The summed E-state index contributed by atoms with van der Waals surface area (Å²) < 4.78 is 17.7. The van der Waals surface area contributed by atoms with Crippen molar-refractivity contribution in [3.8, 4) is 0 Å². The van der Waals surface area contributed by atoms with Crippen LogP contribution in [0.4, 0.5) is 0 Å². The molecule has 4 aliphatic rings. The molecule has 0 saturated carbocycles. The minimum Gasteiger partial charge on any atom is -0.497 e. The normalized spacial score (nSPS) is 33.3. The van der Waals surface area contributed by atoms with Gasteiger partial charge in [-0.3, -0.25) is 0 Å². The monoisotopic (exact) mass is 244 g/mol. The summed E-state index contributed by atoms with van der Waals surface area (Å²) >= 11 is 0. The highest BCUT2D eigenvalue weighted by molar-refractivity contribution is 5.52. The summed E-state index contributed by atoms with van der Waals surface area (Å²) in [5, 5.41) is 0. The highest BCUT2D eigenvalue weighted by atomic mass is 16.5. The molecule has 2 atom stereocenters. The summed E-state index contributed by atoms with van der Waals surface area (Å²) in [6.45, 7) is 2.14. The van der Waals surface area contributed by atoms with Crippen LogP contribution >= 0.6 is 0 Å². The van der Waals surface area contributed by atoms with Crippen molar-refractivity contribution < 1.29 is 14.2 Å². The summed E-state index contributed by atoms with van der Waals surface area (Å²) in [6, 6.07) is 0. The molecule has 3 heterocycles. The second kappa shape index (κ2) is 4.02. The first kappa shape index (κ1) is 10.4. The predicted octanol–water partition coefficient (Wildman–Crippen LogP) is 2.48. The highest BCUT2D eigenvalue weighted by Crippen LogP contribution is 2.44. The molecule has 0 bridgehead atoms. The molecule has 3 aliphatic heterocycles. The maximum absolute atomic E-state index is 5.94. The van der Waals surface area contributed by atoms with Crippen molar-refractivity contribution in [3.63, 3.8) is 0 Å². The zero-order valence-electron chi connectivity index (χ0n) is 10.2. The topological polar surface area (TPSA) is 27.7 Å². The number of rotatable bonds is 0. The zero-order chi connectivity index (χ0) is 11.9. The molecule has 0 aromatic carbocycles. The SMILES string of the molecule is C1=CC2=C3OCCCC3C3OCC=CC3=C2OC1. The van der Waals surface area contributed by atoms with Gasteiger partial charge < -0.3 is 14.2 Å². The fourth-order valence-corrected chi connectivity index (χ4v) is 3.23. The molecular weight excluding hydrogens is 228 g/mol. The Kier molecular flexibility index (Phi) is 2.33. The molecule has 0 spiro atoms. The van der Waals surface area contributed by atoms with E-state index in [1.807, 2.05) is 0 Å². The van der Waals surface area contributed by atoms with Gasteiger partial charge in [-0.05, 0) is 25.0 Å². The van der Waals surface area contributed by atoms with Crippen LogP contribution in [0.3, 0.4) is 0 Å². The van der Waals surface area contributed by atoms with Gasteiger partial charge in [-0.15, -0.1) is 0 Å². The Hall–Kier alpha value is -1.48. The first-order valence-electron chi connectivity index (χ1n) is 6.64. The van der Waals surface area contributed by atoms with Crippen molar-refractivity contribution in [2.45, 2.75) is 18.9 Å². The third-order valence-electron chi connectivity index (χ3n) is 3.98. The van der Waals surface area contributed by atoms with E-state index in [-0.39, 0.29) is 6.10 Å². The lowest BCUT2D eigenvalue weighted by Gasteiger charge is -2.40. The molecule has 3 nitrogen and oxygen atoms in total. The summed E-state index contributed by atoms with van der Waals surface area (Å²) in [5.74, 6) is 2.41. The molecular formula is C15H16O3. The van der Waals surface area contributed by atoms with Crippen LogP contribution in [0, 0.1) is 5.92 Å². The van der Waals surface area contributed by atoms with Gasteiger partial charge in [0.05, 0.1) is 24.9 Å². The molecule has 4 rings (SSSR count). The van der Waals surface area contributed by atoms with Gasteiger partial charge in [-0.25, -0.2) is 0 Å². The second-order valence-corrected chi connectivity index (χ2v) is 5.03. The lowest BCUT2D eigenvalue weighted by molar-refractivity contribution is 0.00530. The van der Waals surface area contributed by atoms with E-state index in [4.69, 9.17) is 14.2 Å². The molecule has 2 unspecified atom stereocenters. The van der Waals surface area contributed by atoms with Gasteiger partial charge in [-0.2, -0.15) is 0 Å². The fraction of sp³-hybridized carbons (Fsp3) is 0.467. The zero-order valence-corrected chi connectivity index (χ0v) is 10.2. The van der Waals surface area contributed by atoms with Crippen molar-refractivity contribution in [3.05, 3.63) is 47.0 Å². The van der Waals surface area contributed by atoms with Gasteiger partial charge in [0.25, 0.3) is 0 Å². The lowest BCUT2D eigenvalue weighted by Crippen LogP contribution is -2.38. The third-order valence-corrected chi connectivity index (χ3v) is 3.98. The molecule has 0 amide bonds. The number of ether oxygens (including phenoxy) is 3. The van der Waals surface area contributed by atoms with E-state index in [0.717, 1.165) is 36.5 Å². The van der Waals surface area contributed by atoms with Crippen molar-refractivity contribution in [2.24, 2.45) is 5.92 Å². The first-order valence-corrected chi connectivity index (χ1v) is 6.64. The maximum Gasteiger partial charge on any atom is 0.136 e. The van der Waals surface area contributed by atoms with Crippen molar-refractivity contribution >= 4 is 0 Å². The summed E-state index contributed by atoms with van der Waals surface area (Å²) in [6.07, 6.45) is 10.8. The van der Waals surface area contributed by atoms with E-state index in [2.05, 4.69) is 24.3 Å². The average Bonchev–Trinajstić information content (AvgIpc) is 2.48. The van der Waals surface area contributed by atoms with Crippen LogP contribution in [-0.4, -0.2) is 25.9 Å². The van der Waals surface area contributed by atoms with Crippen LogP contribution in [0.1, 0.15) is 12.8 Å². The molecule has 0 aromatic rings. The summed E-state index contributed by atoms with van der Waals surface area (Å²) in [7, 11) is 0. The van der Waals surface area contributed by atoms with Crippen LogP contribution < -0.4 is 0 Å². The molecule has 1 fully saturated rings. The van der Waals surface area contributed by atoms with Gasteiger partial charge in [0.15, 0.2) is 0 Å². The van der Waals surface area contributed by atoms with E-state index in [1.165, 1.54) is 5.57 Å². The minimum atomic E-state index is 0.121. The number of fused-ring (bicyclic) bond motifs is 4. The molecule has 0 aromatic heterocycles. The van der Waals surface area contributed by atoms with Gasteiger partial charge in [0.2, 0.25) is 0 Å². The van der Waals surface area contributed by atoms with E-state index in [0.29, 0.717) is 19.1 Å². The Morgan fingerprint density at radius 1 is 1.06 bits per heavy atom. The highest BCUT2D eigenvalue weighted by Gasteiger charge is 2.41. The average molecular weight is 244 g/mol. The van der Waals surface area contributed by atoms with Gasteiger partial charge in [0, 0.05) is 11.5 Å². The van der Waals surface area contributed by atoms with Crippen molar-refractivity contribution in [1.29, 1.82) is 0 Å². The third kappa shape index (κ3) is 1.40. The van der Waals surface area contributed by atoms with E-state index >= 15 is 0 Å². The Bertz CT molecular complexity index is 496. The smallest absolute Gasteiger partial charge is 0.136 e. The standard InChI is InChI=1S/C15H16O3/c1-4-10-13(16-7-1)11-5-2-9-18-15(11)12-6-3-8-17-14(10)12/h1-2,4-5,12,15H,3,6-9H2. The van der Waals surface area contributed by atoms with E-state index in [1.54, 1.807) is 0 Å². The minimum absolute atomic E-state index is 0.121.